The zero-order chi connectivity index (χ0) is 25.9. The van der Waals surface area contributed by atoms with Gasteiger partial charge in [-0.15, -0.1) is 0 Å². The Labute approximate surface area is 211 Å². The summed E-state index contributed by atoms with van der Waals surface area (Å²) in [5.41, 5.74) is -0.0543. The molecule has 0 radical (unpaired) electrons. The van der Waals surface area contributed by atoms with Crippen molar-refractivity contribution in [3.63, 3.8) is 0 Å². The minimum Gasteiger partial charge on any atom is -0.464 e. The first kappa shape index (κ1) is 26.9. The second kappa shape index (κ2) is 11.1. The van der Waals surface area contributed by atoms with Crippen molar-refractivity contribution in [3.05, 3.63) is 40.2 Å². The third-order valence-corrected chi connectivity index (χ3v) is 7.97. The number of hydrogen-bond acceptors (Lipinski definition) is 6. The lowest BCUT2D eigenvalue weighted by Gasteiger charge is -2.31. The van der Waals surface area contributed by atoms with Gasteiger partial charge in [0.2, 0.25) is 0 Å². The summed E-state index contributed by atoms with van der Waals surface area (Å²) in [6.07, 6.45) is 2.40. The molecule has 36 heavy (non-hydrogen) atoms. The maximum absolute atomic E-state index is 13.0. The first-order valence-corrected chi connectivity index (χ1v) is 13.1. The molecule has 198 valence electrons. The third-order valence-electron chi connectivity index (χ3n) is 6.90. The number of nitrogens with zero attached hydrogens (tertiary/aromatic N) is 3. The topological polar surface area (TPSA) is 55.3 Å². The summed E-state index contributed by atoms with van der Waals surface area (Å²) >= 11 is 1.35. The molecule has 0 N–H and O–H groups in total. The Kier molecular flexibility index (Phi) is 8.28. The summed E-state index contributed by atoms with van der Waals surface area (Å²) < 4.78 is 69.9. The Balaban J connectivity index is 1.19. The number of pyridine rings is 1. The van der Waals surface area contributed by atoms with E-state index in [4.69, 9.17) is 4.74 Å². The van der Waals surface area contributed by atoms with Crippen molar-refractivity contribution >= 4 is 17.1 Å². The van der Waals surface area contributed by atoms with Gasteiger partial charge >= 0.3 is 6.18 Å². The molecule has 1 aliphatic carbocycles. The molecule has 5 nitrogen and oxygen atoms in total. The highest BCUT2D eigenvalue weighted by atomic mass is 32.1. The minimum absolute atomic E-state index is 0.0721. The molecule has 0 spiro atoms. The van der Waals surface area contributed by atoms with Crippen LogP contribution in [0.1, 0.15) is 72.1 Å². The average Bonchev–Trinajstić information content (AvgIpc) is 3.24. The number of alkyl halides is 5. The summed E-state index contributed by atoms with van der Waals surface area (Å²) in [5, 5.41) is 0.303. The van der Waals surface area contributed by atoms with Crippen LogP contribution < -0.4 is 4.74 Å². The number of carbonyl (C=O) groups excluding carboxylic acids is 1. The molecule has 1 fully saturated rings. The molecule has 0 aromatic carbocycles. The van der Waals surface area contributed by atoms with Gasteiger partial charge in [-0.1, -0.05) is 24.2 Å². The number of fused-ring (bicyclic) bond motifs is 1. The van der Waals surface area contributed by atoms with Crippen molar-refractivity contribution in [2.75, 3.05) is 19.7 Å². The van der Waals surface area contributed by atoms with Gasteiger partial charge in [0.1, 0.15) is 5.69 Å². The van der Waals surface area contributed by atoms with E-state index in [9.17, 15) is 26.7 Å². The SMILES string of the molecule is CC(F)(F)COc1nc2c(s1)CCN(CCC1CCC(CC(=O)c3ccnc(C(F)(F)F)c3)CC1)C2. The molecule has 2 aromatic heterocycles. The molecule has 0 amide bonds. The van der Waals surface area contributed by atoms with Crippen LogP contribution >= 0.6 is 11.3 Å². The van der Waals surface area contributed by atoms with Crippen LogP contribution in [0.4, 0.5) is 22.0 Å². The van der Waals surface area contributed by atoms with Gasteiger partial charge in [-0.2, -0.15) is 13.2 Å². The minimum atomic E-state index is -4.56. The predicted octanol–water partition coefficient (Wildman–Crippen LogP) is 6.42. The lowest BCUT2D eigenvalue weighted by atomic mass is 9.78. The van der Waals surface area contributed by atoms with Crippen LogP contribution in [0.25, 0.3) is 0 Å². The van der Waals surface area contributed by atoms with Crippen molar-refractivity contribution in [2.45, 2.75) is 70.5 Å². The second-order valence-corrected chi connectivity index (χ2v) is 11.0. The zero-order valence-electron chi connectivity index (χ0n) is 20.1. The van der Waals surface area contributed by atoms with E-state index in [0.717, 1.165) is 81.4 Å². The van der Waals surface area contributed by atoms with Crippen LogP contribution in [0.2, 0.25) is 0 Å². The van der Waals surface area contributed by atoms with Gasteiger partial charge < -0.3 is 4.74 Å². The lowest BCUT2D eigenvalue weighted by molar-refractivity contribution is -0.141. The molecule has 1 aliphatic heterocycles. The number of ether oxygens (including phenoxy) is 1. The van der Waals surface area contributed by atoms with E-state index in [1.54, 1.807) is 0 Å². The van der Waals surface area contributed by atoms with Gasteiger partial charge in [0.25, 0.3) is 11.1 Å². The van der Waals surface area contributed by atoms with E-state index < -0.39 is 24.4 Å². The highest BCUT2D eigenvalue weighted by molar-refractivity contribution is 7.13. The lowest BCUT2D eigenvalue weighted by Crippen LogP contribution is -2.32. The monoisotopic (exact) mass is 531 g/mol. The summed E-state index contributed by atoms with van der Waals surface area (Å²) in [7, 11) is 0. The van der Waals surface area contributed by atoms with Crippen molar-refractivity contribution in [1.29, 1.82) is 0 Å². The first-order chi connectivity index (χ1) is 17.0. The molecule has 1 saturated carbocycles. The summed E-state index contributed by atoms with van der Waals surface area (Å²) in [5.74, 6) is -2.40. The van der Waals surface area contributed by atoms with Crippen LogP contribution in [0, 0.1) is 11.8 Å². The zero-order valence-corrected chi connectivity index (χ0v) is 20.9. The number of carbonyl (C=O) groups is 1. The highest BCUT2D eigenvalue weighted by Crippen LogP contribution is 2.35. The normalized spacial score (nSPS) is 21.3. The van der Waals surface area contributed by atoms with Crippen LogP contribution in [0.15, 0.2) is 18.3 Å². The highest BCUT2D eigenvalue weighted by Gasteiger charge is 2.33. The number of hydrogen-bond donors (Lipinski definition) is 0. The number of aromatic nitrogens is 2. The van der Waals surface area contributed by atoms with E-state index in [1.807, 2.05) is 0 Å². The summed E-state index contributed by atoms with van der Waals surface area (Å²) in [6.45, 7) is 2.66. The van der Waals surface area contributed by atoms with Crippen LogP contribution in [-0.2, 0) is 19.1 Å². The Morgan fingerprint density at radius 2 is 1.89 bits per heavy atom. The van der Waals surface area contributed by atoms with E-state index in [2.05, 4.69) is 14.9 Å². The van der Waals surface area contributed by atoms with E-state index in [1.165, 1.54) is 17.4 Å². The number of ketones is 1. The molecule has 11 heteroatoms. The molecule has 0 atom stereocenters. The van der Waals surface area contributed by atoms with Gasteiger partial charge in [-0.05, 0) is 56.2 Å². The van der Waals surface area contributed by atoms with Gasteiger partial charge in [0, 0.05) is 43.1 Å². The Morgan fingerprint density at radius 1 is 1.17 bits per heavy atom. The van der Waals surface area contributed by atoms with E-state index in [0.29, 0.717) is 17.7 Å². The fourth-order valence-electron chi connectivity index (χ4n) is 4.90. The first-order valence-electron chi connectivity index (χ1n) is 12.2. The molecular formula is C25H30F5N3O2S. The Bertz CT molecular complexity index is 1050. The van der Waals surface area contributed by atoms with Crippen molar-refractivity contribution in [3.8, 4) is 5.19 Å². The Hall–Kier alpha value is -2.14. The number of thiazole rings is 1. The van der Waals surface area contributed by atoms with Gasteiger partial charge in [0.15, 0.2) is 12.4 Å². The predicted molar refractivity (Wildman–Crippen MR) is 125 cm³/mol. The summed E-state index contributed by atoms with van der Waals surface area (Å²) in [6, 6.07) is 2.19. The van der Waals surface area contributed by atoms with E-state index in [-0.39, 0.29) is 23.7 Å². The molecule has 2 aromatic rings. The molecule has 0 bridgehead atoms. The van der Waals surface area contributed by atoms with Crippen LogP contribution in [-0.4, -0.2) is 46.3 Å². The third kappa shape index (κ3) is 7.44. The molecule has 3 heterocycles. The number of rotatable bonds is 9. The summed E-state index contributed by atoms with van der Waals surface area (Å²) in [4.78, 5) is 23.7. The maximum atomic E-state index is 13.0. The van der Waals surface area contributed by atoms with Gasteiger partial charge in [0.05, 0.1) is 5.69 Å². The largest absolute Gasteiger partial charge is 0.464 e. The van der Waals surface area contributed by atoms with Crippen molar-refractivity contribution in [2.24, 2.45) is 11.8 Å². The van der Waals surface area contributed by atoms with Crippen molar-refractivity contribution in [1.82, 2.24) is 14.9 Å². The standard InChI is InChI=1S/C25H30F5N3O2S/c1-24(26,27)15-35-23-32-19-14-33(11-8-21(19)36-23)10-7-16-2-4-17(5-3-16)12-20(34)18-6-9-31-22(13-18)25(28,29)30/h6,9,13,16-17H,2-5,7-8,10-12,14-15H2,1H3. The Morgan fingerprint density at radius 3 is 2.58 bits per heavy atom. The van der Waals surface area contributed by atoms with Crippen molar-refractivity contribution < 1.29 is 31.5 Å². The smallest absolute Gasteiger partial charge is 0.433 e. The van der Waals surface area contributed by atoms with Gasteiger partial charge in [-0.3, -0.25) is 14.7 Å². The second-order valence-electron chi connectivity index (χ2n) is 9.96. The quantitative estimate of drug-likeness (QED) is 0.276. The van der Waals surface area contributed by atoms with Crippen LogP contribution in [0.3, 0.4) is 0 Å². The number of Topliss-reactive ketones (excluding diaryl/α,β-unsaturated/α-hetero) is 1. The van der Waals surface area contributed by atoms with Crippen LogP contribution in [0.5, 0.6) is 5.19 Å². The molecule has 2 aliphatic rings. The number of halogens is 5. The van der Waals surface area contributed by atoms with Gasteiger partial charge in [-0.25, -0.2) is 13.8 Å². The molecule has 0 saturated heterocycles. The molecule has 4 rings (SSSR count). The fourth-order valence-corrected chi connectivity index (χ4v) is 5.80. The van der Waals surface area contributed by atoms with E-state index >= 15 is 0 Å². The average molecular weight is 532 g/mol. The molecular weight excluding hydrogens is 501 g/mol. The fraction of sp³-hybridized carbons (Fsp3) is 0.640. The molecule has 0 unspecified atom stereocenters. The maximum Gasteiger partial charge on any atom is 0.433 e.